The Morgan fingerprint density at radius 3 is 2.76 bits per heavy atom. The first-order valence-electron chi connectivity index (χ1n) is 7.66. The smallest absolute Gasteiger partial charge is 0.326 e. The Labute approximate surface area is 151 Å². The standard InChI is InChI=1S/C17H22N4O3S/c1-25-6-5-15(17(23)24)21-16(22)14(9-19)11-20-10-13-4-2-3-12(7-13)8-18/h2-4,7,11,15,20H,5-6,8,10,18H2,1H3,(H,21,22)(H,23,24)/b14-11-. The van der Waals surface area contributed by atoms with Crippen molar-refractivity contribution < 1.29 is 14.7 Å². The second-order valence-corrected chi connectivity index (χ2v) is 6.21. The number of amides is 1. The number of thioether (sulfide) groups is 1. The van der Waals surface area contributed by atoms with Gasteiger partial charge >= 0.3 is 5.97 Å². The van der Waals surface area contributed by atoms with E-state index in [9.17, 15) is 9.59 Å². The molecular formula is C17H22N4O3S. The quantitative estimate of drug-likeness (QED) is 0.360. The van der Waals surface area contributed by atoms with Crippen LogP contribution in [0.1, 0.15) is 17.5 Å². The van der Waals surface area contributed by atoms with Crippen LogP contribution in [-0.4, -0.2) is 35.0 Å². The minimum absolute atomic E-state index is 0.176. The predicted molar refractivity (Wildman–Crippen MR) is 97.4 cm³/mol. The van der Waals surface area contributed by atoms with E-state index in [4.69, 9.17) is 16.1 Å². The largest absolute Gasteiger partial charge is 0.480 e. The number of nitriles is 1. The van der Waals surface area contributed by atoms with Crippen molar-refractivity contribution in [3.05, 3.63) is 47.2 Å². The Hall–Kier alpha value is -2.50. The van der Waals surface area contributed by atoms with Gasteiger partial charge < -0.3 is 21.5 Å². The molecule has 0 fully saturated rings. The molecule has 0 aliphatic heterocycles. The van der Waals surface area contributed by atoms with Crippen LogP contribution in [0.25, 0.3) is 0 Å². The van der Waals surface area contributed by atoms with Crippen molar-refractivity contribution in [1.82, 2.24) is 10.6 Å². The lowest BCUT2D eigenvalue weighted by Crippen LogP contribution is -2.41. The summed E-state index contributed by atoms with van der Waals surface area (Å²) in [6.07, 6.45) is 3.43. The number of hydrogen-bond acceptors (Lipinski definition) is 6. The van der Waals surface area contributed by atoms with Crippen LogP contribution in [0.3, 0.4) is 0 Å². The van der Waals surface area contributed by atoms with E-state index < -0.39 is 17.9 Å². The summed E-state index contributed by atoms with van der Waals surface area (Å²) >= 11 is 1.49. The molecule has 1 aromatic carbocycles. The van der Waals surface area contributed by atoms with Gasteiger partial charge in [-0.2, -0.15) is 17.0 Å². The third-order valence-electron chi connectivity index (χ3n) is 3.36. The zero-order valence-corrected chi connectivity index (χ0v) is 14.8. The van der Waals surface area contributed by atoms with Crippen molar-refractivity contribution in [3.63, 3.8) is 0 Å². The fourth-order valence-corrected chi connectivity index (χ4v) is 2.49. The van der Waals surface area contributed by atoms with E-state index in [-0.39, 0.29) is 5.57 Å². The van der Waals surface area contributed by atoms with Crippen molar-refractivity contribution in [1.29, 1.82) is 5.26 Å². The molecule has 0 spiro atoms. The zero-order chi connectivity index (χ0) is 18.7. The van der Waals surface area contributed by atoms with E-state index in [2.05, 4.69) is 10.6 Å². The van der Waals surface area contributed by atoms with E-state index in [1.165, 1.54) is 18.0 Å². The molecular weight excluding hydrogens is 340 g/mol. The Bertz CT molecular complexity index is 670. The topological polar surface area (TPSA) is 128 Å². The van der Waals surface area contributed by atoms with Crippen LogP contribution in [0, 0.1) is 11.3 Å². The maximum absolute atomic E-state index is 12.1. The zero-order valence-electron chi connectivity index (χ0n) is 14.0. The molecule has 1 unspecified atom stereocenters. The lowest BCUT2D eigenvalue weighted by Gasteiger charge is -2.13. The fourth-order valence-electron chi connectivity index (χ4n) is 2.02. The Balaban J connectivity index is 2.66. The van der Waals surface area contributed by atoms with Gasteiger partial charge in [-0.15, -0.1) is 0 Å². The summed E-state index contributed by atoms with van der Waals surface area (Å²) in [5.74, 6) is -1.23. The van der Waals surface area contributed by atoms with Crippen molar-refractivity contribution >= 4 is 23.6 Å². The molecule has 25 heavy (non-hydrogen) atoms. The molecule has 0 aliphatic rings. The van der Waals surface area contributed by atoms with Crippen LogP contribution in [-0.2, 0) is 22.7 Å². The molecule has 8 heteroatoms. The predicted octanol–water partition coefficient (Wildman–Crippen LogP) is 0.965. The maximum Gasteiger partial charge on any atom is 0.326 e. The van der Waals surface area contributed by atoms with Gasteiger partial charge in [-0.1, -0.05) is 24.3 Å². The van der Waals surface area contributed by atoms with Gasteiger partial charge in [0, 0.05) is 19.3 Å². The minimum atomic E-state index is -1.12. The Morgan fingerprint density at radius 2 is 2.16 bits per heavy atom. The number of carbonyl (C=O) groups excluding carboxylic acids is 1. The lowest BCUT2D eigenvalue weighted by atomic mass is 10.1. The van der Waals surface area contributed by atoms with Gasteiger partial charge in [0.15, 0.2) is 0 Å². The van der Waals surface area contributed by atoms with E-state index in [1.54, 1.807) is 6.07 Å². The molecule has 1 aromatic rings. The number of nitrogens with one attached hydrogen (secondary N) is 2. The number of benzene rings is 1. The van der Waals surface area contributed by atoms with Gasteiger partial charge in [-0.05, 0) is 29.6 Å². The van der Waals surface area contributed by atoms with Crippen molar-refractivity contribution in [2.24, 2.45) is 5.73 Å². The maximum atomic E-state index is 12.1. The number of rotatable bonds is 10. The Kier molecular flexibility index (Phi) is 9.14. The number of carboxylic acids is 1. The summed E-state index contributed by atoms with van der Waals surface area (Å²) in [4.78, 5) is 23.2. The van der Waals surface area contributed by atoms with E-state index in [1.807, 2.05) is 30.5 Å². The molecule has 0 aliphatic carbocycles. The van der Waals surface area contributed by atoms with Crippen LogP contribution in [0.15, 0.2) is 36.0 Å². The molecule has 1 rings (SSSR count). The number of nitrogens with zero attached hydrogens (tertiary/aromatic N) is 1. The van der Waals surface area contributed by atoms with E-state index in [0.717, 1.165) is 11.1 Å². The van der Waals surface area contributed by atoms with Gasteiger partial charge in [0.25, 0.3) is 5.91 Å². The van der Waals surface area contributed by atoms with E-state index >= 15 is 0 Å². The first-order chi connectivity index (χ1) is 12.0. The lowest BCUT2D eigenvalue weighted by molar-refractivity contribution is -0.141. The van der Waals surface area contributed by atoms with Gasteiger partial charge in [-0.3, -0.25) is 4.79 Å². The molecule has 0 saturated heterocycles. The van der Waals surface area contributed by atoms with E-state index in [0.29, 0.717) is 25.3 Å². The average Bonchev–Trinajstić information content (AvgIpc) is 2.62. The molecule has 0 heterocycles. The van der Waals surface area contributed by atoms with Crippen molar-refractivity contribution in [2.45, 2.75) is 25.6 Å². The number of carboxylic acid groups (broad SMARTS) is 1. The summed E-state index contributed by atoms with van der Waals surface area (Å²) in [5, 5.41) is 23.5. The van der Waals surface area contributed by atoms with Gasteiger partial charge in [-0.25, -0.2) is 4.79 Å². The average molecular weight is 362 g/mol. The molecule has 134 valence electrons. The summed E-state index contributed by atoms with van der Waals surface area (Å²) < 4.78 is 0. The molecule has 0 bridgehead atoms. The molecule has 1 atom stereocenters. The third kappa shape index (κ3) is 7.28. The second-order valence-electron chi connectivity index (χ2n) is 5.22. The highest BCUT2D eigenvalue weighted by Crippen LogP contribution is 2.05. The van der Waals surface area contributed by atoms with Crippen LogP contribution in [0.4, 0.5) is 0 Å². The number of aliphatic carboxylic acids is 1. The fraction of sp³-hybridized carbons (Fsp3) is 0.353. The number of carbonyl (C=O) groups is 2. The highest BCUT2D eigenvalue weighted by molar-refractivity contribution is 7.98. The number of nitrogens with two attached hydrogens (primary N) is 1. The van der Waals surface area contributed by atoms with Crippen LogP contribution in [0.2, 0.25) is 0 Å². The van der Waals surface area contributed by atoms with Crippen LogP contribution >= 0.6 is 11.8 Å². The van der Waals surface area contributed by atoms with Gasteiger partial charge in [0.1, 0.15) is 17.7 Å². The monoisotopic (exact) mass is 362 g/mol. The van der Waals surface area contributed by atoms with Crippen LogP contribution in [0.5, 0.6) is 0 Å². The van der Waals surface area contributed by atoms with Crippen molar-refractivity contribution in [3.8, 4) is 6.07 Å². The molecule has 0 saturated carbocycles. The normalized spacial score (nSPS) is 12.1. The van der Waals surface area contributed by atoms with Gasteiger partial charge in [0.2, 0.25) is 0 Å². The van der Waals surface area contributed by atoms with Gasteiger partial charge in [0.05, 0.1) is 0 Å². The first kappa shape index (κ1) is 20.5. The molecule has 7 nitrogen and oxygen atoms in total. The Morgan fingerprint density at radius 1 is 1.44 bits per heavy atom. The summed E-state index contributed by atoms with van der Waals surface area (Å²) in [6, 6.07) is 8.38. The molecule has 0 radical (unpaired) electrons. The highest BCUT2D eigenvalue weighted by Gasteiger charge is 2.21. The number of hydrogen-bond donors (Lipinski definition) is 4. The molecule has 5 N–H and O–H groups in total. The molecule has 0 aromatic heterocycles. The highest BCUT2D eigenvalue weighted by atomic mass is 32.2. The second kappa shape index (κ2) is 11.1. The minimum Gasteiger partial charge on any atom is -0.480 e. The summed E-state index contributed by atoms with van der Waals surface area (Å²) in [7, 11) is 0. The third-order valence-corrected chi connectivity index (χ3v) is 4.00. The molecule has 1 amide bonds. The SMILES string of the molecule is CSCCC(NC(=O)/C(C#N)=C\NCc1cccc(CN)c1)C(=O)O. The van der Waals surface area contributed by atoms with Crippen LogP contribution < -0.4 is 16.4 Å². The summed E-state index contributed by atoms with van der Waals surface area (Å²) in [6.45, 7) is 0.850. The van der Waals surface area contributed by atoms with Crippen molar-refractivity contribution in [2.75, 3.05) is 12.0 Å². The first-order valence-corrected chi connectivity index (χ1v) is 9.05. The summed E-state index contributed by atoms with van der Waals surface area (Å²) in [5.41, 5.74) is 7.35.